The van der Waals surface area contributed by atoms with Gasteiger partial charge >= 0.3 is 0 Å². The lowest BCUT2D eigenvalue weighted by Gasteiger charge is -2.19. The number of hydrogen-bond donors (Lipinski definition) is 1. The normalized spacial score (nSPS) is 12.4. The maximum absolute atomic E-state index is 6.28. The van der Waals surface area contributed by atoms with E-state index in [4.69, 9.17) is 23.2 Å². The van der Waals surface area contributed by atoms with Crippen molar-refractivity contribution >= 4 is 39.1 Å². The van der Waals surface area contributed by atoms with Crippen LogP contribution in [0.2, 0.25) is 10.0 Å². The fraction of sp³-hybridized carbons (Fsp3) is 0.250. The highest BCUT2D eigenvalue weighted by Crippen LogP contribution is 2.29. The number of benzene rings is 2. The van der Waals surface area contributed by atoms with Crippen LogP contribution >= 0.6 is 39.1 Å². The van der Waals surface area contributed by atoms with Crippen LogP contribution in [0.1, 0.15) is 24.1 Å². The highest BCUT2D eigenvalue weighted by molar-refractivity contribution is 9.10. The molecule has 1 nitrogen and oxygen atoms in total. The summed E-state index contributed by atoms with van der Waals surface area (Å²) in [4.78, 5) is 0. The third-order valence-electron chi connectivity index (χ3n) is 3.18. The fourth-order valence-electron chi connectivity index (χ4n) is 2.18. The summed E-state index contributed by atoms with van der Waals surface area (Å²) in [5.74, 6) is 0. The number of likely N-dealkylation sites (N-methyl/N-ethyl adjacent to an activating group) is 1. The summed E-state index contributed by atoms with van der Waals surface area (Å²) in [6, 6.07) is 14.4. The fourth-order valence-corrected chi connectivity index (χ4v) is 2.84. The molecule has 1 N–H and O–H groups in total. The lowest BCUT2D eigenvalue weighted by molar-refractivity contribution is 0.550. The average Bonchev–Trinajstić information content (AvgIpc) is 2.44. The van der Waals surface area contributed by atoms with Crippen molar-refractivity contribution < 1.29 is 0 Å². The first-order chi connectivity index (χ1) is 9.61. The van der Waals surface area contributed by atoms with Crippen LogP contribution in [0, 0.1) is 0 Å². The van der Waals surface area contributed by atoms with Crippen LogP contribution in [0.5, 0.6) is 0 Å². The summed E-state index contributed by atoms with van der Waals surface area (Å²) in [7, 11) is 0. The second-order valence-electron chi connectivity index (χ2n) is 4.58. The number of nitrogens with one attached hydrogen (secondary N) is 1. The largest absolute Gasteiger partial charge is 0.310 e. The minimum atomic E-state index is 0.226. The Balaban J connectivity index is 2.25. The zero-order valence-electron chi connectivity index (χ0n) is 11.2. The summed E-state index contributed by atoms with van der Waals surface area (Å²) < 4.78 is 1.08. The van der Waals surface area contributed by atoms with Gasteiger partial charge < -0.3 is 5.32 Å². The maximum Gasteiger partial charge on any atom is 0.0624 e. The molecule has 0 amide bonds. The van der Waals surface area contributed by atoms with Gasteiger partial charge in [-0.25, -0.2) is 0 Å². The minimum Gasteiger partial charge on any atom is -0.310 e. The molecule has 106 valence electrons. The van der Waals surface area contributed by atoms with Crippen molar-refractivity contribution in [2.75, 3.05) is 6.54 Å². The monoisotopic (exact) mass is 371 g/mol. The third-order valence-corrected chi connectivity index (χ3v) is 4.57. The smallest absolute Gasteiger partial charge is 0.0624 e. The van der Waals surface area contributed by atoms with Crippen LogP contribution in [-0.2, 0) is 6.42 Å². The zero-order chi connectivity index (χ0) is 14.5. The van der Waals surface area contributed by atoms with Gasteiger partial charge in [0, 0.05) is 10.5 Å². The van der Waals surface area contributed by atoms with Gasteiger partial charge in [0.25, 0.3) is 0 Å². The van der Waals surface area contributed by atoms with Gasteiger partial charge in [-0.3, -0.25) is 0 Å². The Morgan fingerprint density at radius 2 is 1.80 bits per heavy atom. The van der Waals surface area contributed by atoms with E-state index in [1.807, 2.05) is 18.2 Å². The molecule has 4 heteroatoms. The molecule has 0 aliphatic heterocycles. The van der Waals surface area contributed by atoms with Gasteiger partial charge in [0.05, 0.1) is 10.0 Å². The Morgan fingerprint density at radius 3 is 2.45 bits per heavy atom. The molecule has 1 atom stereocenters. The third kappa shape index (κ3) is 3.98. The van der Waals surface area contributed by atoms with Gasteiger partial charge in [-0.15, -0.1) is 0 Å². The summed E-state index contributed by atoms with van der Waals surface area (Å²) in [5.41, 5.74) is 2.30. The van der Waals surface area contributed by atoms with Crippen LogP contribution in [0.15, 0.2) is 46.9 Å². The lowest BCUT2D eigenvalue weighted by atomic mass is 9.99. The molecule has 0 fully saturated rings. The first kappa shape index (κ1) is 15.8. The Bertz CT molecular complexity index is 569. The van der Waals surface area contributed by atoms with Gasteiger partial charge in [-0.2, -0.15) is 0 Å². The van der Waals surface area contributed by atoms with Gasteiger partial charge in [0.15, 0.2) is 0 Å². The molecule has 20 heavy (non-hydrogen) atoms. The highest BCUT2D eigenvalue weighted by Gasteiger charge is 2.14. The standard InChI is InChI=1S/C16H16BrCl2N/c1-2-20-15(11-6-8-13(17)9-7-11)10-12-4-3-5-14(18)16(12)19/h3-9,15,20H,2,10H2,1H3. The van der Waals surface area contributed by atoms with Gasteiger partial charge in [0.1, 0.15) is 0 Å². The molecule has 0 aliphatic rings. The SMILES string of the molecule is CCNC(Cc1cccc(Cl)c1Cl)c1ccc(Br)cc1. The molecular formula is C16H16BrCl2N. The molecule has 0 saturated carbocycles. The Labute approximate surface area is 138 Å². The topological polar surface area (TPSA) is 12.0 Å². The lowest BCUT2D eigenvalue weighted by Crippen LogP contribution is -2.23. The van der Waals surface area contributed by atoms with E-state index in [1.54, 1.807) is 0 Å². The maximum atomic E-state index is 6.28. The van der Waals surface area contributed by atoms with E-state index in [2.05, 4.69) is 52.4 Å². The molecule has 0 spiro atoms. The van der Waals surface area contributed by atoms with E-state index in [1.165, 1.54) is 5.56 Å². The van der Waals surface area contributed by atoms with Crippen molar-refractivity contribution in [2.24, 2.45) is 0 Å². The van der Waals surface area contributed by atoms with E-state index >= 15 is 0 Å². The van der Waals surface area contributed by atoms with Gasteiger partial charge in [-0.05, 0) is 42.3 Å². The second kappa shape index (κ2) is 7.46. The molecule has 0 aliphatic carbocycles. The molecule has 1 unspecified atom stereocenters. The average molecular weight is 373 g/mol. The van der Waals surface area contributed by atoms with Gasteiger partial charge in [0.2, 0.25) is 0 Å². The van der Waals surface area contributed by atoms with Crippen molar-refractivity contribution in [1.82, 2.24) is 5.32 Å². The van der Waals surface area contributed by atoms with E-state index in [0.29, 0.717) is 10.0 Å². The number of hydrogen-bond acceptors (Lipinski definition) is 1. The van der Waals surface area contributed by atoms with Crippen LogP contribution in [0.3, 0.4) is 0 Å². The van der Waals surface area contributed by atoms with Crippen molar-refractivity contribution in [3.63, 3.8) is 0 Å². The number of rotatable bonds is 5. The molecule has 0 heterocycles. The van der Waals surface area contributed by atoms with E-state index < -0.39 is 0 Å². The molecule has 2 aromatic carbocycles. The number of halogens is 3. The predicted molar refractivity (Wildman–Crippen MR) is 90.7 cm³/mol. The van der Waals surface area contributed by atoms with E-state index in [0.717, 1.165) is 23.0 Å². The van der Waals surface area contributed by atoms with Crippen LogP contribution in [0.4, 0.5) is 0 Å². The van der Waals surface area contributed by atoms with Gasteiger partial charge in [-0.1, -0.05) is 70.3 Å². The van der Waals surface area contributed by atoms with Crippen LogP contribution in [0.25, 0.3) is 0 Å². The van der Waals surface area contributed by atoms with Crippen LogP contribution < -0.4 is 5.32 Å². The molecule has 0 bridgehead atoms. The van der Waals surface area contributed by atoms with Crippen molar-refractivity contribution in [3.05, 3.63) is 68.1 Å². The molecule has 0 saturated heterocycles. The molecule has 0 aromatic heterocycles. The Hall–Kier alpha value is -0.540. The van der Waals surface area contributed by atoms with E-state index in [9.17, 15) is 0 Å². The first-order valence-corrected chi connectivity index (χ1v) is 8.08. The highest BCUT2D eigenvalue weighted by atomic mass is 79.9. The predicted octanol–water partition coefficient (Wildman–Crippen LogP) is 5.65. The van der Waals surface area contributed by atoms with Crippen molar-refractivity contribution in [3.8, 4) is 0 Å². The second-order valence-corrected chi connectivity index (χ2v) is 6.28. The quantitative estimate of drug-likeness (QED) is 0.714. The van der Waals surface area contributed by atoms with Crippen LogP contribution in [-0.4, -0.2) is 6.54 Å². The summed E-state index contributed by atoms with van der Waals surface area (Å²) in [6.45, 7) is 3.00. The molecule has 2 rings (SSSR count). The van der Waals surface area contributed by atoms with Crippen molar-refractivity contribution in [1.29, 1.82) is 0 Å². The van der Waals surface area contributed by atoms with E-state index in [-0.39, 0.29) is 6.04 Å². The minimum absolute atomic E-state index is 0.226. The molecule has 0 radical (unpaired) electrons. The molecular weight excluding hydrogens is 357 g/mol. The van der Waals surface area contributed by atoms with Crippen molar-refractivity contribution in [2.45, 2.75) is 19.4 Å². The summed E-state index contributed by atoms with van der Waals surface area (Å²) >= 11 is 15.8. The summed E-state index contributed by atoms with van der Waals surface area (Å²) in [6.07, 6.45) is 0.814. The first-order valence-electron chi connectivity index (χ1n) is 6.53. The Kier molecular flexibility index (Phi) is 5.91. The molecule has 2 aromatic rings. The summed E-state index contributed by atoms with van der Waals surface area (Å²) in [5, 5.41) is 4.75. The zero-order valence-corrected chi connectivity index (χ0v) is 14.3. The Morgan fingerprint density at radius 1 is 1.10 bits per heavy atom.